The Morgan fingerprint density at radius 2 is 1.89 bits per heavy atom. The lowest BCUT2D eigenvalue weighted by molar-refractivity contribution is -0.384. The molecule has 2 rings (SSSR count). The van der Waals surface area contributed by atoms with E-state index in [1.54, 1.807) is 18.2 Å². The van der Waals surface area contributed by atoms with Gasteiger partial charge in [0.25, 0.3) is 5.69 Å². The molecule has 0 amide bonds. The molecule has 0 aliphatic carbocycles. The summed E-state index contributed by atoms with van der Waals surface area (Å²) in [5.41, 5.74) is 7.37. The minimum absolute atomic E-state index is 0.0131. The fourth-order valence-electron chi connectivity index (χ4n) is 1.63. The summed E-state index contributed by atoms with van der Waals surface area (Å²) in [5, 5.41) is 10.7. The molecule has 0 aromatic heterocycles. The van der Waals surface area contributed by atoms with Gasteiger partial charge >= 0.3 is 0 Å². The van der Waals surface area contributed by atoms with Crippen LogP contribution >= 0.6 is 0 Å². The summed E-state index contributed by atoms with van der Waals surface area (Å²) in [6.07, 6.45) is 0. The Hall–Kier alpha value is -2.40. The number of ether oxygens (including phenoxy) is 1. The molecule has 2 aromatic rings. The summed E-state index contributed by atoms with van der Waals surface area (Å²) in [5.74, 6) is 1.11. The Labute approximate surface area is 110 Å². The van der Waals surface area contributed by atoms with E-state index in [1.165, 1.54) is 12.1 Å². The Kier molecular flexibility index (Phi) is 3.77. The summed E-state index contributed by atoms with van der Waals surface area (Å²) >= 11 is 0. The van der Waals surface area contributed by atoms with E-state index in [4.69, 9.17) is 10.5 Å². The molecule has 0 unspecified atom stereocenters. The standard InChI is InChI=1S/C14H14N2O3/c1-10-2-5-12(16(17)18)8-14(10)19-13-6-3-11(9-15)4-7-13/h2-8H,9,15H2,1H3. The van der Waals surface area contributed by atoms with E-state index in [0.29, 0.717) is 18.0 Å². The molecule has 0 bridgehead atoms. The van der Waals surface area contributed by atoms with Gasteiger partial charge in [0.15, 0.2) is 0 Å². The topological polar surface area (TPSA) is 78.4 Å². The molecule has 98 valence electrons. The van der Waals surface area contributed by atoms with E-state index in [0.717, 1.165) is 11.1 Å². The summed E-state index contributed by atoms with van der Waals surface area (Å²) in [4.78, 5) is 10.3. The predicted octanol–water partition coefficient (Wildman–Crippen LogP) is 3.15. The molecule has 0 fully saturated rings. The third kappa shape index (κ3) is 3.08. The normalized spacial score (nSPS) is 10.2. The van der Waals surface area contributed by atoms with Crippen LogP contribution in [-0.2, 0) is 6.54 Å². The van der Waals surface area contributed by atoms with E-state index in [9.17, 15) is 10.1 Å². The zero-order valence-electron chi connectivity index (χ0n) is 10.5. The molecule has 2 N–H and O–H groups in total. The predicted molar refractivity (Wildman–Crippen MR) is 72.2 cm³/mol. The second-order valence-corrected chi connectivity index (χ2v) is 4.16. The minimum atomic E-state index is -0.441. The summed E-state index contributed by atoms with van der Waals surface area (Å²) in [6, 6.07) is 11.9. The monoisotopic (exact) mass is 258 g/mol. The van der Waals surface area contributed by atoms with Crippen molar-refractivity contribution in [2.75, 3.05) is 0 Å². The average molecular weight is 258 g/mol. The van der Waals surface area contributed by atoms with Gasteiger partial charge in [-0.25, -0.2) is 0 Å². The molecule has 0 saturated carbocycles. The second-order valence-electron chi connectivity index (χ2n) is 4.16. The first kappa shape index (κ1) is 13.0. The van der Waals surface area contributed by atoms with E-state index in [-0.39, 0.29) is 5.69 Å². The first-order valence-corrected chi connectivity index (χ1v) is 5.82. The van der Waals surface area contributed by atoms with Crippen LogP contribution in [0, 0.1) is 17.0 Å². The van der Waals surface area contributed by atoms with Crippen molar-refractivity contribution >= 4 is 5.69 Å². The van der Waals surface area contributed by atoms with Gasteiger partial charge in [0.1, 0.15) is 11.5 Å². The Bertz CT molecular complexity index is 594. The Morgan fingerprint density at radius 3 is 2.47 bits per heavy atom. The van der Waals surface area contributed by atoms with Gasteiger partial charge in [0.05, 0.1) is 11.0 Å². The van der Waals surface area contributed by atoms with Crippen LogP contribution in [0.1, 0.15) is 11.1 Å². The molecule has 0 saturated heterocycles. The molecule has 5 heteroatoms. The van der Waals surface area contributed by atoms with Gasteiger partial charge in [0.2, 0.25) is 0 Å². The number of non-ortho nitro benzene ring substituents is 1. The summed E-state index contributed by atoms with van der Waals surface area (Å²) in [7, 11) is 0. The van der Waals surface area contributed by atoms with Gasteiger partial charge in [-0.05, 0) is 36.2 Å². The van der Waals surface area contributed by atoms with E-state index in [1.807, 2.05) is 19.1 Å². The lowest BCUT2D eigenvalue weighted by Crippen LogP contribution is -1.96. The maximum Gasteiger partial charge on any atom is 0.273 e. The van der Waals surface area contributed by atoms with Crippen molar-refractivity contribution in [1.29, 1.82) is 0 Å². The zero-order chi connectivity index (χ0) is 13.8. The van der Waals surface area contributed by atoms with Gasteiger partial charge in [-0.15, -0.1) is 0 Å². The van der Waals surface area contributed by atoms with Crippen LogP contribution in [0.3, 0.4) is 0 Å². The van der Waals surface area contributed by atoms with Crippen molar-refractivity contribution in [2.24, 2.45) is 5.73 Å². The molecular weight excluding hydrogens is 244 g/mol. The lowest BCUT2D eigenvalue weighted by atomic mass is 10.2. The van der Waals surface area contributed by atoms with Crippen molar-refractivity contribution in [2.45, 2.75) is 13.5 Å². The van der Waals surface area contributed by atoms with Crippen LogP contribution in [-0.4, -0.2) is 4.92 Å². The number of nitro benzene ring substituents is 1. The number of nitrogens with two attached hydrogens (primary N) is 1. The van der Waals surface area contributed by atoms with Gasteiger partial charge in [-0.1, -0.05) is 12.1 Å². The molecule has 0 atom stereocenters. The van der Waals surface area contributed by atoms with Crippen LogP contribution in [0.5, 0.6) is 11.5 Å². The highest BCUT2D eigenvalue weighted by molar-refractivity contribution is 5.45. The number of nitro groups is 1. The molecule has 0 spiro atoms. The van der Waals surface area contributed by atoms with Gasteiger partial charge < -0.3 is 10.5 Å². The number of aryl methyl sites for hydroxylation is 1. The first-order valence-electron chi connectivity index (χ1n) is 5.82. The Morgan fingerprint density at radius 1 is 1.21 bits per heavy atom. The molecule has 0 aliphatic heterocycles. The quantitative estimate of drug-likeness (QED) is 0.675. The van der Waals surface area contributed by atoms with Crippen LogP contribution in [0.4, 0.5) is 5.69 Å². The Balaban J connectivity index is 2.26. The number of benzene rings is 2. The van der Waals surface area contributed by atoms with Crippen LogP contribution < -0.4 is 10.5 Å². The smallest absolute Gasteiger partial charge is 0.273 e. The van der Waals surface area contributed by atoms with Crippen LogP contribution in [0.15, 0.2) is 42.5 Å². The largest absolute Gasteiger partial charge is 0.457 e. The minimum Gasteiger partial charge on any atom is -0.457 e. The molecule has 0 aliphatic rings. The van der Waals surface area contributed by atoms with E-state index < -0.39 is 4.92 Å². The maximum absolute atomic E-state index is 10.7. The zero-order valence-corrected chi connectivity index (χ0v) is 10.5. The summed E-state index contributed by atoms with van der Waals surface area (Å²) in [6.45, 7) is 2.31. The van der Waals surface area contributed by atoms with Gasteiger partial charge in [0, 0.05) is 12.6 Å². The average Bonchev–Trinajstić information content (AvgIpc) is 2.42. The number of hydrogen-bond acceptors (Lipinski definition) is 4. The van der Waals surface area contributed by atoms with Gasteiger partial charge in [-0.3, -0.25) is 10.1 Å². The van der Waals surface area contributed by atoms with E-state index >= 15 is 0 Å². The molecular formula is C14H14N2O3. The molecule has 2 aromatic carbocycles. The van der Waals surface area contributed by atoms with Crippen molar-refractivity contribution < 1.29 is 9.66 Å². The molecule has 0 radical (unpaired) electrons. The van der Waals surface area contributed by atoms with Crippen molar-refractivity contribution in [3.8, 4) is 11.5 Å². The third-order valence-electron chi connectivity index (χ3n) is 2.77. The highest BCUT2D eigenvalue weighted by Gasteiger charge is 2.10. The van der Waals surface area contributed by atoms with Crippen molar-refractivity contribution in [1.82, 2.24) is 0 Å². The third-order valence-corrected chi connectivity index (χ3v) is 2.77. The molecule has 0 heterocycles. The molecule has 5 nitrogen and oxygen atoms in total. The number of rotatable bonds is 4. The fraction of sp³-hybridized carbons (Fsp3) is 0.143. The fourth-order valence-corrected chi connectivity index (χ4v) is 1.63. The van der Waals surface area contributed by atoms with Crippen LogP contribution in [0.25, 0.3) is 0 Å². The van der Waals surface area contributed by atoms with Crippen LogP contribution in [0.2, 0.25) is 0 Å². The number of nitrogens with zero attached hydrogens (tertiary/aromatic N) is 1. The van der Waals surface area contributed by atoms with Crippen molar-refractivity contribution in [3.05, 3.63) is 63.7 Å². The SMILES string of the molecule is Cc1ccc([N+](=O)[O-])cc1Oc1ccc(CN)cc1. The molecule has 19 heavy (non-hydrogen) atoms. The lowest BCUT2D eigenvalue weighted by Gasteiger charge is -2.08. The summed E-state index contributed by atoms with van der Waals surface area (Å²) < 4.78 is 5.65. The second kappa shape index (κ2) is 5.49. The highest BCUT2D eigenvalue weighted by Crippen LogP contribution is 2.28. The first-order chi connectivity index (χ1) is 9.10. The maximum atomic E-state index is 10.7. The van der Waals surface area contributed by atoms with E-state index in [2.05, 4.69) is 0 Å². The highest BCUT2D eigenvalue weighted by atomic mass is 16.6. The number of hydrogen-bond donors (Lipinski definition) is 1. The van der Waals surface area contributed by atoms with Crippen molar-refractivity contribution in [3.63, 3.8) is 0 Å². The van der Waals surface area contributed by atoms with Gasteiger partial charge in [-0.2, -0.15) is 0 Å².